The molecule has 2 fully saturated rings. The van der Waals surface area contributed by atoms with Gasteiger partial charge in [0.25, 0.3) is 0 Å². The number of amides is 1. The molecule has 24 heavy (non-hydrogen) atoms. The highest BCUT2D eigenvalue weighted by Crippen LogP contribution is 2.58. The molecule has 4 atom stereocenters. The molecule has 1 aromatic carbocycles. The van der Waals surface area contributed by atoms with Crippen LogP contribution < -0.4 is 11.1 Å². The lowest BCUT2D eigenvalue weighted by Crippen LogP contribution is -2.50. The summed E-state index contributed by atoms with van der Waals surface area (Å²) in [5, 5.41) is 3.21. The molecule has 1 saturated heterocycles. The van der Waals surface area contributed by atoms with Gasteiger partial charge in [0.15, 0.2) is 0 Å². The molecule has 3 nitrogen and oxygen atoms in total. The van der Waals surface area contributed by atoms with Gasteiger partial charge >= 0.3 is 6.18 Å². The summed E-state index contributed by atoms with van der Waals surface area (Å²) in [5.74, 6) is -1.20. The van der Waals surface area contributed by atoms with Crippen LogP contribution in [0.4, 0.5) is 13.2 Å². The van der Waals surface area contributed by atoms with Crippen molar-refractivity contribution in [3.05, 3.63) is 35.9 Å². The maximum atomic E-state index is 14.3. The minimum Gasteiger partial charge on any atom is -0.370 e. The Morgan fingerprint density at radius 1 is 1.17 bits per heavy atom. The van der Waals surface area contributed by atoms with E-state index >= 15 is 0 Å². The van der Waals surface area contributed by atoms with E-state index in [-0.39, 0.29) is 18.3 Å². The number of hydrogen-bond donors (Lipinski definition) is 2. The number of fused-ring (bicyclic) bond motifs is 1. The molecule has 1 heterocycles. The highest BCUT2D eigenvalue weighted by Gasteiger charge is 2.63. The molecule has 0 radical (unpaired) electrons. The maximum Gasteiger partial charge on any atom is 0.395 e. The van der Waals surface area contributed by atoms with Crippen molar-refractivity contribution in [3.8, 4) is 0 Å². The zero-order valence-electron chi connectivity index (χ0n) is 13.5. The lowest BCUT2D eigenvalue weighted by molar-refractivity contribution is -0.249. The van der Waals surface area contributed by atoms with Crippen molar-refractivity contribution in [2.24, 2.45) is 28.9 Å². The van der Waals surface area contributed by atoms with Gasteiger partial charge in [-0.1, -0.05) is 30.3 Å². The summed E-state index contributed by atoms with van der Waals surface area (Å²) in [6.45, 7) is 1.37. The molecule has 3 rings (SSSR count). The third kappa shape index (κ3) is 3.04. The van der Waals surface area contributed by atoms with Gasteiger partial charge in [0.05, 0.1) is 5.41 Å². The van der Waals surface area contributed by atoms with Crippen molar-refractivity contribution in [1.29, 1.82) is 0 Å². The number of nitrogens with one attached hydrogen (secondary N) is 1. The van der Waals surface area contributed by atoms with Crippen molar-refractivity contribution in [2.45, 2.75) is 31.9 Å². The number of benzene rings is 1. The van der Waals surface area contributed by atoms with E-state index in [1.54, 1.807) is 30.3 Å². The SMILES string of the molecule is NC(=O)CC(Cc1ccccc1)(C1CCC2CNCC21)C(F)(F)F. The fourth-order valence-electron chi connectivity index (χ4n) is 4.84. The smallest absolute Gasteiger partial charge is 0.370 e. The molecule has 0 spiro atoms. The lowest BCUT2D eigenvalue weighted by Gasteiger charge is -2.42. The van der Waals surface area contributed by atoms with E-state index in [1.807, 2.05) is 0 Å². The minimum absolute atomic E-state index is 0.0327. The normalized spacial score (nSPS) is 29.2. The predicted octanol–water partition coefficient (Wildman–Crippen LogP) is 2.90. The number of rotatable bonds is 5. The Balaban J connectivity index is 2.02. The molecule has 2 aliphatic rings. The average Bonchev–Trinajstić information content (AvgIpc) is 3.08. The van der Waals surface area contributed by atoms with Gasteiger partial charge in [0.1, 0.15) is 0 Å². The van der Waals surface area contributed by atoms with Gasteiger partial charge in [0, 0.05) is 6.42 Å². The van der Waals surface area contributed by atoms with Crippen molar-refractivity contribution >= 4 is 5.91 Å². The average molecular weight is 340 g/mol. The van der Waals surface area contributed by atoms with Gasteiger partial charge in [-0.05, 0) is 55.7 Å². The lowest BCUT2D eigenvalue weighted by atomic mass is 9.64. The number of hydrogen-bond acceptors (Lipinski definition) is 2. The number of nitrogens with two attached hydrogens (primary N) is 1. The molecular weight excluding hydrogens is 317 g/mol. The standard InChI is InChI=1S/C18H23F3N2O/c19-18(20,21)17(9-16(22)24,8-12-4-2-1-3-5-12)15-7-6-13-10-23-11-14(13)15/h1-5,13-15,23H,6-11H2,(H2,22,24). The van der Waals surface area contributed by atoms with Crippen LogP contribution in [0.5, 0.6) is 0 Å². The van der Waals surface area contributed by atoms with Gasteiger partial charge in [0.2, 0.25) is 5.91 Å². The van der Waals surface area contributed by atoms with Crippen LogP contribution in [0.15, 0.2) is 30.3 Å². The summed E-state index contributed by atoms with van der Waals surface area (Å²) in [5.41, 5.74) is 3.80. The van der Waals surface area contributed by atoms with Crippen molar-refractivity contribution < 1.29 is 18.0 Å². The molecule has 1 aromatic rings. The number of carbonyl (C=O) groups excluding carboxylic acids is 1. The van der Waals surface area contributed by atoms with E-state index in [1.165, 1.54) is 0 Å². The first kappa shape index (κ1) is 17.3. The maximum absolute atomic E-state index is 14.3. The van der Waals surface area contributed by atoms with Crippen molar-refractivity contribution in [3.63, 3.8) is 0 Å². The Labute approximate surface area is 139 Å². The van der Waals surface area contributed by atoms with Crippen LogP contribution in [0, 0.1) is 23.2 Å². The van der Waals surface area contributed by atoms with E-state index < -0.39 is 29.8 Å². The molecule has 1 aliphatic carbocycles. The van der Waals surface area contributed by atoms with Gasteiger partial charge in [-0.2, -0.15) is 13.2 Å². The molecule has 6 heteroatoms. The highest BCUT2D eigenvalue weighted by molar-refractivity contribution is 5.75. The first-order chi connectivity index (χ1) is 11.3. The van der Waals surface area contributed by atoms with Crippen LogP contribution in [0.1, 0.15) is 24.8 Å². The van der Waals surface area contributed by atoms with Gasteiger partial charge < -0.3 is 11.1 Å². The van der Waals surface area contributed by atoms with Crippen LogP contribution >= 0.6 is 0 Å². The third-order valence-corrected chi connectivity index (χ3v) is 5.88. The fraction of sp³-hybridized carbons (Fsp3) is 0.611. The summed E-state index contributed by atoms with van der Waals surface area (Å²) in [6.07, 6.45) is -4.00. The zero-order valence-corrected chi connectivity index (χ0v) is 13.5. The first-order valence-electron chi connectivity index (χ1n) is 8.43. The van der Waals surface area contributed by atoms with Crippen LogP contribution in [0.25, 0.3) is 0 Å². The largest absolute Gasteiger partial charge is 0.395 e. The fourth-order valence-corrected chi connectivity index (χ4v) is 4.84. The van der Waals surface area contributed by atoms with Crippen molar-refractivity contribution in [1.82, 2.24) is 5.32 Å². The highest BCUT2D eigenvalue weighted by atomic mass is 19.4. The number of carbonyl (C=O) groups is 1. The Hall–Kier alpha value is -1.56. The van der Waals surface area contributed by atoms with Crippen LogP contribution in [0.2, 0.25) is 0 Å². The zero-order chi connectivity index (χ0) is 17.4. The van der Waals surface area contributed by atoms with Gasteiger partial charge in [-0.3, -0.25) is 4.79 Å². The second-order valence-electron chi connectivity index (χ2n) is 7.23. The Kier molecular flexibility index (Phi) is 4.60. The van der Waals surface area contributed by atoms with Gasteiger partial charge in [-0.25, -0.2) is 0 Å². The van der Waals surface area contributed by atoms with E-state index in [0.717, 1.165) is 13.0 Å². The van der Waals surface area contributed by atoms with Crippen LogP contribution in [0.3, 0.4) is 0 Å². The first-order valence-corrected chi connectivity index (χ1v) is 8.43. The van der Waals surface area contributed by atoms with Gasteiger partial charge in [-0.15, -0.1) is 0 Å². The molecule has 1 amide bonds. The minimum atomic E-state index is -4.47. The number of alkyl halides is 3. The number of halogens is 3. The summed E-state index contributed by atoms with van der Waals surface area (Å²) < 4.78 is 42.9. The van der Waals surface area contributed by atoms with Crippen LogP contribution in [-0.2, 0) is 11.2 Å². The summed E-state index contributed by atoms with van der Waals surface area (Å²) in [4.78, 5) is 11.6. The topological polar surface area (TPSA) is 55.1 Å². The molecule has 4 unspecified atom stereocenters. The quantitative estimate of drug-likeness (QED) is 0.866. The molecule has 0 aromatic heterocycles. The second-order valence-corrected chi connectivity index (χ2v) is 7.23. The van der Waals surface area contributed by atoms with E-state index in [0.29, 0.717) is 18.5 Å². The molecule has 3 N–H and O–H groups in total. The molecule has 0 bridgehead atoms. The Bertz CT molecular complexity index is 590. The summed E-state index contributed by atoms with van der Waals surface area (Å²) in [6, 6.07) is 8.63. The second kappa shape index (κ2) is 6.39. The third-order valence-electron chi connectivity index (χ3n) is 5.88. The van der Waals surface area contributed by atoms with Crippen molar-refractivity contribution in [2.75, 3.05) is 13.1 Å². The van der Waals surface area contributed by atoms with Crippen LogP contribution in [-0.4, -0.2) is 25.2 Å². The van der Waals surface area contributed by atoms with E-state index in [9.17, 15) is 18.0 Å². The Morgan fingerprint density at radius 2 is 1.88 bits per heavy atom. The Morgan fingerprint density at radius 3 is 2.50 bits per heavy atom. The monoisotopic (exact) mass is 340 g/mol. The van der Waals surface area contributed by atoms with E-state index in [2.05, 4.69) is 5.32 Å². The number of primary amides is 1. The van der Waals surface area contributed by atoms with E-state index in [4.69, 9.17) is 5.73 Å². The predicted molar refractivity (Wildman–Crippen MR) is 85.0 cm³/mol. The summed E-state index contributed by atoms with van der Waals surface area (Å²) in [7, 11) is 0. The molecule has 132 valence electrons. The molecule has 1 aliphatic heterocycles. The molecule has 1 saturated carbocycles. The summed E-state index contributed by atoms with van der Waals surface area (Å²) >= 11 is 0. The molecular formula is C18H23F3N2O.